The molecule has 3 nitrogen and oxygen atoms in total. The summed E-state index contributed by atoms with van der Waals surface area (Å²) in [7, 11) is 0. The zero-order chi connectivity index (χ0) is 15.5. The van der Waals surface area contributed by atoms with Gasteiger partial charge in [-0.2, -0.15) is 0 Å². The Morgan fingerprint density at radius 3 is 2.36 bits per heavy atom. The van der Waals surface area contributed by atoms with Crippen LogP contribution in [-0.2, 0) is 10.2 Å². The first-order valence-electron chi connectivity index (χ1n) is 7.41. The summed E-state index contributed by atoms with van der Waals surface area (Å²) in [5, 5.41) is 2.80. The van der Waals surface area contributed by atoms with Gasteiger partial charge in [0.25, 0.3) is 0 Å². The summed E-state index contributed by atoms with van der Waals surface area (Å²) in [5.41, 5.74) is 5.07. The molecule has 1 unspecified atom stereocenters. The van der Waals surface area contributed by atoms with Gasteiger partial charge in [0.2, 0.25) is 5.91 Å². The van der Waals surface area contributed by atoms with Crippen LogP contribution in [0.3, 0.4) is 0 Å². The molecule has 1 aliphatic rings. The SMILES string of the molecule is CC(N)CC(=O)NCC1(c2c(F)cccc2F)CCCC1.Cl. The Morgan fingerprint density at radius 2 is 1.86 bits per heavy atom. The predicted molar refractivity (Wildman–Crippen MR) is 85.0 cm³/mol. The Morgan fingerprint density at radius 1 is 1.32 bits per heavy atom. The first-order valence-corrected chi connectivity index (χ1v) is 7.41. The minimum absolute atomic E-state index is 0. The van der Waals surface area contributed by atoms with Crippen molar-refractivity contribution >= 4 is 18.3 Å². The minimum Gasteiger partial charge on any atom is -0.355 e. The fourth-order valence-electron chi connectivity index (χ4n) is 3.20. The molecular weight excluding hydrogens is 310 g/mol. The Labute approximate surface area is 136 Å². The number of carbonyl (C=O) groups excluding carboxylic acids is 1. The van der Waals surface area contributed by atoms with Gasteiger partial charge in [-0.05, 0) is 31.9 Å². The Hall–Kier alpha value is -1.20. The van der Waals surface area contributed by atoms with E-state index in [-0.39, 0.29) is 42.9 Å². The molecule has 0 aromatic heterocycles. The van der Waals surface area contributed by atoms with Gasteiger partial charge < -0.3 is 11.1 Å². The van der Waals surface area contributed by atoms with E-state index in [2.05, 4.69) is 5.32 Å². The largest absolute Gasteiger partial charge is 0.355 e. The lowest BCUT2D eigenvalue weighted by atomic mass is 9.78. The van der Waals surface area contributed by atoms with Crippen LogP contribution in [0.4, 0.5) is 8.78 Å². The number of halogens is 3. The lowest BCUT2D eigenvalue weighted by Gasteiger charge is -2.30. The number of rotatable bonds is 5. The van der Waals surface area contributed by atoms with E-state index < -0.39 is 17.0 Å². The van der Waals surface area contributed by atoms with E-state index in [0.29, 0.717) is 12.8 Å². The van der Waals surface area contributed by atoms with Gasteiger partial charge >= 0.3 is 0 Å². The van der Waals surface area contributed by atoms with Crippen LogP contribution in [0.2, 0.25) is 0 Å². The maximum Gasteiger partial charge on any atom is 0.221 e. The molecule has 0 bridgehead atoms. The topological polar surface area (TPSA) is 55.1 Å². The highest BCUT2D eigenvalue weighted by Crippen LogP contribution is 2.42. The van der Waals surface area contributed by atoms with Crippen LogP contribution in [0.25, 0.3) is 0 Å². The third kappa shape index (κ3) is 4.17. The Bertz CT molecular complexity index is 497. The molecule has 124 valence electrons. The van der Waals surface area contributed by atoms with E-state index >= 15 is 0 Å². The van der Waals surface area contributed by atoms with Crippen LogP contribution in [0.15, 0.2) is 18.2 Å². The van der Waals surface area contributed by atoms with Gasteiger partial charge in [0.1, 0.15) is 11.6 Å². The monoisotopic (exact) mass is 332 g/mol. The van der Waals surface area contributed by atoms with E-state index in [4.69, 9.17) is 5.73 Å². The molecule has 0 saturated heterocycles. The predicted octanol–water partition coefficient (Wildman–Crippen LogP) is 3.05. The maximum absolute atomic E-state index is 14.1. The zero-order valence-corrected chi connectivity index (χ0v) is 13.5. The highest BCUT2D eigenvalue weighted by Gasteiger charge is 2.40. The molecule has 2 rings (SSSR count). The second-order valence-corrected chi connectivity index (χ2v) is 6.04. The van der Waals surface area contributed by atoms with Gasteiger partial charge in [-0.15, -0.1) is 12.4 Å². The van der Waals surface area contributed by atoms with Crippen molar-refractivity contribution in [3.8, 4) is 0 Å². The molecule has 1 fully saturated rings. The van der Waals surface area contributed by atoms with Crippen molar-refractivity contribution in [2.45, 2.75) is 50.5 Å². The molecule has 1 aliphatic carbocycles. The standard InChI is InChI=1S/C16H22F2N2O.ClH/c1-11(19)9-14(21)20-10-16(7-2-3-8-16)15-12(17)5-4-6-13(15)18;/h4-6,11H,2-3,7-10,19H2,1H3,(H,20,21);1H. The van der Waals surface area contributed by atoms with E-state index in [0.717, 1.165) is 12.8 Å². The highest BCUT2D eigenvalue weighted by molar-refractivity contribution is 5.85. The molecule has 1 aromatic rings. The van der Waals surface area contributed by atoms with Crippen LogP contribution >= 0.6 is 12.4 Å². The first kappa shape index (κ1) is 18.8. The summed E-state index contributed by atoms with van der Waals surface area (Å²) in [6, 6.07) is 3.70. The fraction of sp³-hybridized carbons (Fsp3) is 0.562. The number of amides is 1. The molecule has 1 saturated carbocycles. The van der Waals surface area contributed by atoms with Crippen molar-refractivity contribution in [2.24, 2.45) is 5.73 Å². The third-order valence-electron chi connectivity index (χ3n) is 4.19. The van der Waals surface area contributed by atoms with Crippen molar-refractivity contribution in [1.82, 2.24) is 5.32 Å². The van der Waals surface area contributed by atoms with E-state index in [1.165, 1.54) is 18.2 Å². The van der Waals surface area contributed by atoms with Crippen LogP contribution in [0, 0.1) is 11.6 Å². The lowest BCUT2D eigenvalue weighted by Crippen LogP contribution is -2.41. The average Bonchev–Trinajstić information content (AvgIpc) is 2.85. The number of nitrogens with one attached hydrogen (secondary N) is 1. The van der Waals surface area contributed by atoms with Crippen LogP contribution in [-0.4, -0.2) is 18.5 Å². The number of hydrogen-bond donors (Lipinski definition) is 2. The molecule has 1 amide bonds. The molecule has 0 radical (unpaired) electrons. The van der Waals surface area contributed by atoms with Crippen LogP contribution in [0.5, 0.6) is 0 Å². The second kappa shape index (κ2) is 7.88. The Balaban J connectivity index is 0.00000242. The van der Waals surface area contributed by atoms with E-state index in [1.54, 1.807) is 6.92 Å². The summed E-state index contributed by atoms with van der Waals surface area (Å²) in [5.74, 6) is -1.23. The minimum atomic E-state index is -0.636. The third-order valence-corrected chi connectivity index (χ3v) is 4.19. The molecular formula is C16H23ClF2N2O. The van der Waals surface area contributed by atoms with Crippen molar-refractivity contribution in [2.75, 3.05) is 6.54 Å². The maximum atomic E-state index is 14.1. The van der Waals surface area contributed by atoms with Gasteiger partial charge in [0.15, 0.2) is 0 Å². The van der Waals surface area contributed by atoms with Gasteiger partial charge in [0.05, 0.1) is 0 Å². The summed E-state index contributed by atoms with van der Waals surface area (Å²) in [6.45, 7) is 2.01. The quantitative estimate of drug-likeness (QED) is 0.870. The summed E-state index contributed by atoms with van der Waals surface area (Å²) >= 11 is 0. The normalized spacial score (nSPS) is 17.6. The summed E-state index contributed by atoms with van der Waals surface area (Å²) in [4.78, 5) is 11.8. The number of hydrogen-bond acceptors (Lipinski definition) is 2. The van der Waals surface area contributed by atoms with Gasteiger partial charge in [0, 0.05) is 30.0 Å². The zero-order valence-electron chi connectivity index (χ0n) is 12.7. The second-order valence-electron chi connectivity index (χ2n) is 6.04. The molecule has 1 aromatic carbocycles. The van der Waals surface area contributed by atoms with E-state index in [1.807, 2.05) is 0 Å². The Kier molecular flexibility index (Phi) is 6.75. The van der Waals surface area contributed by atoms with Gasteiger partial charge in [-0.3, -0.25) is 4.79 Å². The van der Waals surface area contributed by atoms with Crippen molar-refractivity contribution in [3.05, 3.63) is 35.4 Å². The molecule has 22 heavy (non-hydrogen) atoms. The van der Waals surface area contributed by atoms with Crippen molar-refractivity contribution in [3.63, 3.8) is 0 Å². The highest BCUT2D eigenvalue weighted by atomic mass is 35.5. The van der Waals surface area contributed by atoms with Gasteiger partial charge in [-0.25, -0.2) is 8.78 Å². The molecule has 3 N–H and O–H groups in total. The smallest absolute Gasteiger partial charge is 0.221 e. The van der Waals surface area contributed by atoms with Crippen molar-refractivity contribution < 1.29 is 13.6 Å². The number of benzene rings is 1. The molecule has 0 heterocycles. The molecule has 1 atom stereocenters. The van der Waals surface area contributed by atoms with Crippen LogP contribution < -0.4 is 11.1 Å². The van der Waals surface area contributed by atoms with Gasteiger partial charge in [-0.1, -0.05) is 18.9 Å². The lowest BCUT2D eigenvalue weighted by molar-refractivity contribution is -0.121. The summed E-state index contributed by atoms with van der Waals surface area (Å²) in [6.07, 6.45) is 3.41. The molecule has 0 aliphatic heterocycles. The molecule has 0 spiro atoms. The number of carbonyl (C=O) groups is 1. The van der Waals surface area contributed by atoms with E-state index in [9.17, 15) is 13.6 Å². The average molecular weight is 333 g/mol. The number of nitrogens with two attached hydrogens (primary N) is 1. The van der Waals surface area contributed by atoms with Crippen molar-refractivity contribution in [1.29, 1.82) is 0 Å². The summed E-state index contributed by atoms with van der Waals surface area (Å²) < 4.78 is 28.2. The molecule has 6 heteroatoms. The fourth-order valence-corrected chi connectivity index (χ4v) is 3.20. The first-order chi connectivity index (χ1) is 9.94. The van der Waals surface area contributed by atoms with Crippen LogP contribution in [0.1, 0.15) is 44.6 Å².